The molecule has 0 aliphatic heterocycles. The van der Waals surface area contributed by atoms with Gasteiger partial charge in [-0.1, -0.05) is 17.7 Å². The van der Waals surface area contributed by atoms with Crippen LogP contribution in [0.5, 0.6) is 5.88 Å². The second-order valence-corrected chi connectivity index (χ2v) is 7.81. The minimum atomic E-state index is -0.701. The number of halogens is 2. The summed E-state index contributed by atoms with van der Waals surface area (Å²) in [5.41, 5.74) is 7.44. The zero-order valence-corrected chi connectivity index (χ0v) is 18.0. The van der Waals surface area contributed by atoms with Crippen LogP contribution in [-0.4, -0.2) is 33.8 Å². The van der Waals surface area contributed by atoms with Crippen LogP contribution in [0.4, 0.5) is 4.39 Å². The Morgan fingerprint density at radius 2 is 2.00 bits per heavy atom. The van der Waals surface area contributed by atoms with E-state index in [0.717, 1.165) is 0 Å². The number of amides is 2. The van der Waals surface area contributed by atoms with Crippen LogP contribution in [0.1, 0.15) is 50.0 Å². The SMILES string of the molecule is COc1ncccc1C(=O)N(Cc1cccnc1C(N)=O)[C@@H]1CCc2c(F)cc(Cl)cc21. The van der Waals surface area contributed by atoms with Gasteiger partial charge in [0.05, 0.1) is 13.2 Å². The predicted molar refractivity (Wildman–Crippen MR) is 116 cm³/mol. The minimum Gasteiger partial charge on any atom is -0.480 e. The number of ether oxygens (including phenoxy) is 1. The zero-order valence-electron chi connectivity index (χ0n) is 17.2. The van der Waals surface area contributed by atoms with E-state index in [1.54, 1.807) is 35.2 Å². The van der Waals surface area contributed by atoms with Gasteiger partial charge in [0.1, 0.15) is 17.1 Å². The molecule has 7 nitrogen and oxygen atoms in total. The molecule has 0 spiro atoms. The second kappa shape index (κ2) is 8.92. The standard InChI is InChI=1S/C23H20ClFN4O3/c1-32-22-16(5-3-9-28-22)23(31)29(12-13-4-2-8-27-20(13)21(26)30)19-7-6-15-17(19)10-14(24)11-18(15)25/h2-5,8-11,19H,6-7,12H2,1H3,(H2,26,30)/t19-/m1/s1. The summed E-state index contributed by atoms with van der Waals surface area (Å²) in [5.74, 6) is -1.32. The number of primary amides is 1. The number of carbonyl (C=O) groups excluding carboxylic acids is 2. The number of rotatable bonds is 6. The molecule has 2 amide bonds. The van der Waals surface area contributed by atoms with Gasteiger partial charge >= 0.3 is 0 Å². The molecule has 164 valence electrons. The molecule has 0 saturated heterocycles. The van der Waals surface area contributed by atoms with Crippen molar-refractivity contribution in [2.24, 2.45) is 5.73 Å². The maximum absolute atomic E-state index is 14.5. The summed E-state index contributed by atoms with van der Waals surface area (Å²) >= 11 is 6.13. The quantitative estimate of drug-likeness (QED) is 0.612. The molecule has 0 unspecified atom stereocenters. The number of hydrogen-bond donors (Lipinski definition) is 1. The van der Waals surface area contributed by atoms with Gasteiger partial charge in [0.15, 0.2) is 0 Å². The second-order valence-electron chi connectivity index (χ2n) is 7.38. The summed E-state index contributed by atoms with van der Waals surface area (Å²) in [6.07, 6.45) is 3.92. The molecular weight excluding hydrogens is 435 g/mol. The van der Waals surface area contributed by atoms with Gasteiger partial charge in [-0.15, -0.1) is 0 Å². The molecule has 2 aromatic heterocycles. The fraction of sp³-hybridized carbons (Fsp3) is 0.217. The van der Waals surface area contributed by atoms with E-state index < -0.39 is 17.8 Å². The van der Waals surface area contributed by atoms with Crippen LogP contribution in [0.2, 0.25) is 5.02 Å². The van der Waals surface area contributed by atoms with Gasteiger partial charge in [-0.05, 0) is 54.3 Å². The third kappa shape index (κ3) is 4.01. The highest BCUT2D eigenvalue weighted by Crippen LogP contribution is 2.40. The molecule has 2 heterocycles. The monoisotopic (exact) mass is 454 g/mol. The average molecular weight is 455 g/mol. The van der Waals surface area contributed by atoms with E-state index in [9.17, 15) is 14.0 Å². The fourth-order valence-corrected chi connectivity index (χ4v) is 4.32. The first-order chi connectivity index (χ1) is 15.4. The molecule has 0 saturated carbocycles. The highest BCUT2D eigenvalue weighted by atomic mass is 35.5. The number of benzene rings is 1. The van der Waals surface area contributed by atoms with Crippen LogP contribution in [0.3, 0.4) is 0 Å². The van der Waals surface area contributed by atoms with E-state index in [4.69, 9.17) is 22.1 Å². The predicted octanol–water partition coefficient (Wildman–Crippen LogP) is 3.71. The summed E-state index contributed by atoms with van der Waals surface area (Å²) in [5, 5.41) is 0.249. The molecule has 1 atom stereocenters. The van der Waals surface area contributed by atoms with Crippen molar-refractivity contribution in [3.63, 3.8) is 0 Å². The Balaban J connectivity index is 1.82. The molecule has 3 aromatic rings. The van der Waals surface area contributed by atoms with E-state index >= 15 is 0 Å². The van der Waals surface area contributed by atoms with Crippen molar-refractivity contribution in [1.82, 2.24) is 14.9 Å². The van der Waals surface area contributed by atoms with E-state index in [2.05, 4.69) is 9.97 Å². The highest BCUT2D eigenvalue weighted by Gasteiger charge is 2.35. The first-order valence-electron chi connectivity index (χ1n) is 9.92. The van der Waals surface area contributed by atoms with Crippen molar-refractivity contribution in [3.05, 3.63) is 87.6 Å². The molecule has 0 radical (unpaired) electrons. The van der Waals surface area contributed by atoms with Gasteiger partial charge in [0.2, 0.25) is 5.88 Å². The molecule has 0 bridgehead atoms. The van der Waals surface area contributed by atoms with E-state index in [-0.39, 0.29) is 34.6 Å². The van der Waals surface area contributed by atoms with E-state index in [1.165, 1.54) is 25.6 Å². The largest absolute Gasteiger partial charge is 0.480 e. The molecule has 1 aliphatic rings. The van der Waals surface area contributed by atoms with Gasteiger partial charge < -0.3 is 15.4 Å². The van der Waals surface area contributed by atoms with Crippen molar-refractivity contribution >= 4 is 23.4 Å². The first kappa shape index (κ1) is 21.7. The summed E-state index contributed by atoms with van der Waals surface area (Å²) in [7, 11) is 1.43. The van der Waals surface area contributed by atoms with Crippen LogP contribution in [-0.2, 0) is 13.0 Å². The maximum Gasteiger partial charge on any atom is 0.267 e. The molecule has 4 rings (SSSR count). The van der Waals surface area contributed by atoms with Gasteiger partial charge in [-0.3, -0.25) is 14.6 Å². The molecule has 9 heteroatoms. The number of nitrogens with two attached hydrogens (primary N) is 1. The van der Waals surface area contributed by atoms with Crippen molar-refractivity contribution in [2.45, 2.75) is 25.4 Å². The number of aromatic nitrogens is 2. The van der Waals surface area contributed by atoms with Gasteiger partial charge in [0, 0.05) is 29.5 Å². The Hall–Kier alpha value is -3.52. The highest BCUT2D eigenvalue weighted by molar-refractivity contribution is 6.30. The number of carbonyl (C=O) groups is 2. The lowest BCUT2D eigenvalue weighted by molar-refractivity contribution is 0.0651. The fourth-order valence-electron chi connectivity index (χ4n) is 4.11. The van der Waals surface area contributed by atoms with Crippen LogP contribution in [0.15, 0.2) is 48.8 Å². The van der Waals surface area contributed by atoms with Crippen LogP contribution in [0, 0.1) is 5.82 Å². The van der Waals surface area contributed by atoms with Crippen LogP contribution < -0.4 is 10.5 Å². The number of methoxy groups -OCH3 is 1. The smallest absolute Gasteiger partial charge is 0.267 e. The first-order valence-corrected chi connectivity index (χ1v) is 10.3. The third-order valence-corrected chi connectivity index (χ3v) is 5.74. The van der Waals surface area contributed by atoms with Crippen molar-refractivity contribution in [3.8, 4) is 5.88 Å². The van der Waals surface area contributed by atoms with E-state index in [1.807, 2.05) is 0 Å². The Labute approximate surface area is 189 Å². The summed E-state index contributed by atoms with van der Waals surface area (Å²) < 4.78 is 19.8. The Morgan fingerprint density at radius 3 is 2.75 bits per heavy atom. The minimum absolute atomic E-state index is 0.0290. The van der Waals surface area contributed by atoms with Gasteiger partial charge in [-0.25, -0.2) is 9.37 Å². The molecule has 1 aliphatic carbocycles. The van der Waals surface area contributed by atoms with Crippen molar-refractivity contribution < 1.29 is 18.7 Å². The number of pyridine rings is 2. The summed E-state index contributed by atoms with van der Waals surface area (Å²) in [6, 6.07) is 9.05. The van der Waals surface area contributed by atoms with E-state index in [0.29, 0.717) is 29.5 Å². The molecule has 2 N–H and O–H groups in total. The zero-order chi connectivity index (χ0) is 22.8. The van der Waals surface area contributed by atoms with Crippen molar-refractivity contribution in [2.75, 3.05) is 7.11 Å². The molecule has 0 fully saturated rings. The number of fused-ring (bicyclic) bond motifs is 1. The van der Waals surface area contributed by atoms with Gasteiger partial charge in [-0.2, -0.15) is 0 Å². The normalized spacial score (nSPS) is 14.7. The molecule has 1 aromatic carbocycles. The molecule has 32 heavy (non-hydrogen) atoms. The number of nitrogens with zero attached hydrogens (tertiary/aromatic N) is 3. The number of hydrogen-bond acceptors (Lipinski definition) is 5. The topological polar surface area (TPSA) is 98.4 Å². The third-order valence-electron chi connectivity index (χ3n) is 5.52. The Morgan fingerprint density at radius 1 is 1.25 bits per heavy atom. The van der Waals surface area contributed by atoms with Crippen molar-refractivity contribution in [1.29, 1.82) is 0 Å². The molecular formula is C23H20ClFN4O3. The lowest BCUT2D eigenvalue weighted by Crippen LogP contribution is -2.35. The average Bonchev–Trinajstić information content (AvgIpc) is 3.21. The van der Waals surface area contributed by atoms with Gasteiger partial charge in [0.25, 0.3) is 11.8 Å². The van der Waals surface area contributed by atoms with Crippen LogP contribution >= 0.6 is 11.6 Å². The maximum atomic E-state index is 14.5. The summed E-state index contributed by atoms with van der Waals surface area (Å²) in [6.45, 7) is 0.0290. The lowest BCUT2D eigenvalue weighted by atomic mass is 10.0. The van der Waals surface area contributed by atoms with Crippen LogP contribution in [0.25, 0.3) is 0 Å². The summed E-state index contributed by atoms with van der Waals surface area (Å²) in [4.78, 5) is 35.4. The Bertz CT molecular complexity index is 1200. The lowest BCUT2D eigenvalue weighted by Gasteiger charge is -2.31. The Kier molecular flexibility index (Phi) is 6.05.